The van der Waals surface area contributed by atoms with Gasteiger partial charge in [-0.3, -0.25) is 0 Å². The van der Waals surface area contributed by atoms with Gasteiger partial charge in [-0.25, -0.2) is 4.79 Å². The molecular weight excluding hydrogens is 239 g/mol. The smallest absolute Gasteiger partial charge is 0.465 e. The van der Waals surface area contributed by atoms with Gasteiger partial charge in [0.15, 0.2) is 0 Å². The molecule has 0 spiro atoms. The van der Waals surface area contributed by atoms with Crippen LogP contribution < -0.4 is 5.46 Å². The summed E-state index contributed by atoms with van der Waals surface area (Å²) >= 11 is 0. The number of methoxy groups -OCH3 is 1. The molecule has 0 fully saturated rings. The van der Waals surface area contributed by atoms with Crippen LogP contribution in [0.1, 0.15) is 16.8 Å². The first kappa shape index (κ1) is 16.6. The van der Waals surface area contributed by atoms with E-state index in [2.05, 4.69) is 4.74 Å². The Balaban J connectivity index is 0.000000494. The molecule has 6 nitrogen and oxygen atoms in total. The Morgan fingerprint density at radius 1 is 1.17 bits per heavy atom. The maximum absolute atomic E-state index is 10.9. The molecule has 1 aromatic rings. The molecule has 100 valence electrons. The van der Waals surface area contributed by atoms with Crippen LogP contribution in [0.25, 0.3) is 0 Å². The molecule has 0 aliphatic carbocycles. The number of aliphatic hydroxyl groups excluding tert-OH is 2. The van der Waals surface area contributed by atoms with Crippen LogP contribution in [0.4, 0.5) is 0 Å². The van der Waals surface area contributed by atoms with Crippen LogP contribution in [-0.2, 0) is 4.74 Å². The highest BCUT2D eigenvalue weighted by atomic mass is 16.5. The van der Waals surface area contributed by atoms with E-state index in [4.69, 9.17) is 20.3 Å². The number of esters is 1. The fourth-order valence-electron chi connectivity index (χ4n) is 0.980. The Labute approximate surface area is 106 Å². The molecule has 0 saturated carbocycles. The van der Waals surface area contributed by atoms with Gasteiger partial charge < -0.3 is 25.0 Å². The topological polar surface area (TPSA) is 107 Å². The highest BCUT2D eigenvalue weighted by Crippen LogP contribution is 1.98. The van der Waals surface area contributed by atoms with E-state index in [1.807, 2.05) is 0 Å². The Kier molecular flexibility index (Phi) is 8.86. The second-order valence-corrected chi connectivity index (χ2v) is 3.29. The van der Waals surface area contributed by atoms with Crippen LogP contribution in [0.2, 0.25) is 0 Å². The predicted octanol–water partition coefficient (Wildman–Crippen LogP) is -1.49. The van der Waals surface area contributed by atoms with Crippen LogP contribution in [0, 0.1) is 0 Å². The minimum Gasteiger partial charge on any atom is -0.465 e. The van der Waals surface area contributed by atoms with E-state index in [9.17, 15) is 4.79 Å². The fourth-order valence-corrected chi connectivity index (χ4v) is 0.980. The van der Waals surface area contributed by atoms with E-state index in [0.717, 1.165) is 0 Å². The van der Waals surface area contributed by atoms with Gasteiger partial charge in [0.25, 0.3) is 0 Å². The van der Waals surface area contributed by atoms with Crippen LogP contribution in [0.15, 0.2) is 24.3 Å². The first-order valence-electron chi connectivity index (χ1n) is 5.33. The second-order valence-electron chi connectivity index (χ2n) is 3.29. The highest BCUT2D eigenvalue weighted by Gasteiger charge is 2.11. The average molecular weight is 256 g/mol. The van der Waals surface area contributed by atoms with Gasteiger partial charge in [0.05, 0.1) is 12.7 Å². The maximum Gasteiger partial charge on any atom is 0.488 e. The number of benzene rings is 1. The zero-order chi connectivity index (χ0) is 14.0. The van der Waals surface area contributed by atoms with Gasteiger partial charge in [-0.1, -0.05) is 12.1 Å². The lowest BCUT2D eigenvalue weighted by atomic mass is 9.80. The molecule has 18 heavy (non-hydrogen) atoms. The summed E-state index contributed by atoms with van der Waals surface area (Å²) in [5.41, 5.74) is 0.722. The van der Waals surface area contributed by atoms with E-state index in [1.54, 1.807) is 0 Å². The summed E-state index contributed by atoms with van der Waals surface area (Å²) in [5.74, 6) is -0.445. The van der Waals surface area contributed by atoms with Gasteiger partial charge in [-0.15, -0.1) is 0 Å². The third-order valence-corrected chi connectivity index (χ3v) is 1.95. The molecule has 0 heterocycles. The van der Waals surface area contributed by atoms with Crippen molar-refractivity contribution in [2.75, 3.05) is 20.3 Å². The second kappa shape index (κ2) is 9.61. The molecule has 0 aliphatic heterocycles. The predicted molar refractivity (Wildman–Crippen MR) is 66.4 cm³/mol. The molecule has 0 radical (unpaired) electrons. The number of ether oxygens (including phenoxy) is 1. The number of carbonyl (C=O) groups excluding carboxylic acids is 1. The Morgan fingerprint density at radius 3 is 1.94 bits per heavy atom. The molecule has 1 rings (SSSR count). The number of carbonyl (C=O) groups is 1. The van der Waals surface area contributed by atoms with E-state index >= 15 is 0 Å². The molecule has 1 aromatic carbocycles. The molecular formula is C11H17BO6. The van der Waals surface area contributed by atoms with Crippen molar-refractivity contribution in [1.82, 2.24) is 0 Å². The van der Waals surface area contributed by atoms with E-state index in [1.165, 1.54) is 31.4 Å². The summed E-state index contributed by atoms with van der Waals surface area (Å²) < 4.78 is 4.47. The molecule has 4 N–H and O–H groups in total. The number of hydrogen-bond donors (Lipinski definition) is 4. The first-order valence-corrected chi connectivity index (χ1v) is 5.33. The third kappa shape index (κ3) is 6.36. The molecule has 0 bridgehead atoms. The average Bonchev–Trinajstić information content (AvgIpc) is 2.39. The number of hydrogen-bond acceptors (Lipinski definition) is 6. The summed E-state index contributed by atoms with van der Waals surface area (Å²) in [7, 11) is -0.219. The van der Waals surface area contributed by atoms with Crippen LogP contribution >= 0.6 is 0 Å². The van der Waals surface area contributed by atoms with Crippen molar-refractivity contribution >= 4 is 18.6 Å². The summed E-state index contributed by atoms with van der Waals surface area (Å²) in [5, 5.41) is 33.3. The van der Waals surface area contributed by atoms with Crippen molar-refractivity contribution < 1.29 is 29.8 Å². The monoisotopic (exact) mass is 256 g/mol. The third-order valence-electron chi connectivity index (χ3n) is 1.95. The summed E-state index contributed by atoms with van der Waals surface area (Å²) in [6, 6.07) is 5.86. The number of rotatable bonds is 4. The minimum atomic E-state index is -1.51. The van der Waals surface area contributed by atoms with E-state index < -0.39 is 13.1 Å². The molecule has 0 saturated heterocycles. The summed E-state index contributed by atoms with van der Waals surface area (Å²) in [6.45, 7) is 0.188. The molecule has 7 heteroatoms. The summed E-state index contributed by atoms with van der Waals surface area (Å²) in [6.07, 6.45) is 0.500. The normalized spacial score (nSPS) is 9.17. The van der Waals surface area contributed by atoms with Crippen molar-refractivity contribution in [3.8, 4) is 0 Å². The van der Waals surface area contributed by atoms with Gasteiger partial charge >= 0.3 is 13.1 Å². The Morgan fingerprint density at radius 2 is 1.67 bits per heavy atom. The van der Waals surface area contributed by atoms with Crippen molar-refractivity contribution in [2.45, 2.75) is 6.42 Å². The molecule has 0 amide bonds. The molecule has 0 atom stereocenters. The summed E-state index contributed by atoms with van der Waals surface area (Å²) in [4.78, 5) is 10.9. The SMILES string of the molecule is COC(=O)c1ccc(B(O)O)cc1.OCCCO. The van der Waals surface area contributed by atoms with Gasteiger partial charge in [0.2, 0.25) is 0 Å². The Hall–Kier alpha value is -1.41. The lowest BCUT2D eigenvalue weighted by Gasteiger charge is -2.01. The minimum absolute atomic E-state index is 0.0938. The van der Waals surface area contributed by atoms with Crippen molar-refractivity contribution in [3.63, 3.8) is 0 Å². The van der Waals surface area contributed by atoms with Gasteiger partial charge in [0.1, 0.15) is 0 Å². The maximum atomic E-state index is 10.9. The van der Waals surface area contributed by atoms with Crippen molar-refractivity contribution in [3.05, 3.63) is 29.8 Å². The number of aliphatic hydroxyl groups is 2. The molecule has 0 aliphatic rings. The van der Waals surface area contributed by atoms with E-state index in [-0.39, 0.29) is 13.2 Å². The molecule has 0 aromatic heterocycles. The van der Waals surface area contributed by atoms with Crippen molar-refractivity contribution in [1.29, 1.82) is 0 Å². The van der Waals surface area contributed by atoms with Gasteiger partial charge in [0, 0.05) is 13.2 Å². The quantitative estimate of drug-likeness (QED) is 0.386. The largest absolute Gasteiger partial charge is 0.488 e. The lowest BCUT2D eigenvalue weighted by molar-refractivity contribution is 0.0600. The Bertz CT molecular complexity index is 336. The van der Waals surface area contributed by atoms with Gasteiger partial charge in [-0.2, -0.15) is 0 Å². The van der Waals surface area contributed by atoms with Crippen LogP contribution in [-0.4, -0.2) is 53.7 Å². The highest BCUT2D eigenvalue weighted by molar-refractivity contribution is 6.58. The van der Waals surface area contributed by atoms with Crippen LogP contribution in [0.5, 0.6) is 0 Å². The fraction of sp³-hybridized carbons (Fsp3) is 0.364. The standard InChI is InChI=1S/C8H9BO4.C3H8O2/c1-13-8(10)6-2-4-7(5-3-6)9(11)12;4-2-1-3-5/h2-5,11-12H,1H3;4-5H,1-3H2. The van der Waals surface area contributed by atoms with Crippen LogP contribution in [0.3, 0.4) is 0 Å². The molecule has 0 unspecified atom stereocenters. The zero-order valence-corrected chi connectivity index (χ0v) is 10.1. The first-order chi connectivity index (χ1) is 8.56. The van der Waals surface area contributed by atoms with Gasteiger partial charge in [-0.05, 0) is 24.0 Å². The lowest BCUT2D eigenvalue weighted by Crippen LogP contribution is -2.29. The van der Waals surface area contributed by atoms with Crippen molar-refractivity contribution in [2.24, 2.45) is 0 Å². The zero-order valence-electron chi connectivity index (χ0n) is 10.1. The van der Waals surface area contributed by atoms with E-state index in [0.29, 0.717) is 17.4 Å².